The summed E-state index contributed by atoms with van der Waals surface area (Å²) >= 11 is 0. The lowest BCUT2D eigenvalue weighted by atomic mass is 10.1. The van der Waals surface area contributed by atoms with Crippen molar-refractivity contribution in [3.63, 3.8) is 0 Å². The maximum absolute atomic E-state index is 12.4. The predicted molar refractivity (Wildman–Crippen MR) is 127 cm³/mol. The number of aryl methyl sites for hydroxylation is 1. The van der Waals surface area contributed by atoms with E-state index < -0.39 is 30.8 Å². The summed E-state index contributed by atoms with van der Waals surface area (Å²) < 4.78 is 54.6. The standard InChI is InChI=1S/C23H27N3O6S2/c1-16(2)34(30,31)20-12-8-18(9-13-20)15-22-25-26-23(32-22)24-21(27)5-4-14-33(28,29)19-10-6-17(3)7-11-19/h6-13,16H,4-5,14-15H2,1-3H3,(H,24,26,27). The zero-order valence-electron chi connectivity index (χ0n) is 19.2. The first-order valence-corrected chi connectivity index (χ1v) is 13.9. The van der Waals surface area contributed by atoms with Crippen LogP contribution in [0.25, 0.3) is 0 Å². The number of hydrogen-bond acceptors (Lipinski definition) is 8. The van der Waals surface area contributed by atoms with Crippen LogP contribution in [0.15, 0.2) is 62.7 Å². The van der Waals surface area contributed by atoms with E-state index in [2.05, 4.69) is 15.5 Å². The van der Waals surface area contributed by atoms with Crippen LogP contribution in [0.5, 0.6) is 0 Å². The number of carbonyl (C=O) groups is 1. The molecule has 3 rings (SSSR count). The first kappa shape index (κ1) is 25.6. The van der Waals surface area contributed by atoms with Crippen molar-refractivity contribution in [3.05, 3.63) is 65.5 Å². The number of nitrogens with zero attached hydrogens (tertiary/aromatic N) is 2. The van der Waals surface area contributed by atoms with Crippen molar-refractivity contribution >= 4 is 31.6 Å². The summed E-state index contributed by atoms with van der Waals surface area (Å²) in [7, 11) is -6.81. The number of sulfone groups is 2. The topological polar surface area (TPSA) is 136 Å². The first-order valence-electron chi connectivity index (χ1n) is 10.7. The van der Waals surface area contributed by atoms with Gasteiger partial charge in [-0.1, -0.05) is 34.9 Å². The molecule has 1 aromatic heterocycles. The van der Waals surface area contributed by atoms with E-state index >= 15 is 0 Å². The fourth-order valence-corrected chi connectivity index (χ4v) is 5.46. The van der Waals surface area contributed by atoms with Crippen LogP contribution in [0.4, 0.5) is 6.01 Å². The Hall–Kier alpha value is -3.05. The maximum Gasteiger partial charge on any atom is 0.322 e. The van der Waals surface area contributed by atoms with Gasteiger partial charge >= 0.3 is 6.01 Å². The minimum Gasteiger partial charge on any atom is -0.407 e. The Bertz CT molecular complexity index is 1340. The zero-order chi connectivity index (χ0) is 24.9. The highest BCUT2D eigenvalue weighted by molar-refractivity contribution is 7.92. The molecule has 0 radical (unpaired) electrons. The van der Waals surface area contributed by atoms with Gasteiger partial charge in [0.15, 0.2) is 19.7 Å². The molecule has 0 spiro atoms. The summed E-state index contributed by atoms with van der Waals surface area (Å²) in [5.74, 6) is -0.338. The number of aromatic nitrogens is 2. The largest absolute Gasteiger partial charge is 0.407 e. The van der Waals surface area contributed by atoms with Crippen molar-refractivity contribution in [2.24, 2.45) is 0 Å². The number of anilines is 1. The van der Waals surface area contributed by atoms with Crippen LogP contribution in [0.1, 0.15) is 43.7 Å². The lowest BCUT2D eigenvalue weighted by Crippen LogP contribution is -2.14. The Labute approximate surface area is 199 Å². The van der Waals surface area contributed by atoms with Crippen LogP contribution in [0.2, 0.25) is 0 Å². The maximum atomic E-state index is 12.4. The van der Waals surface area contributed by atoms with E-state index in [0.29, 0.717) is 0 Å². The molecule has 3 aromatic rings. The van der Waals surface area contributed by atoms with Crippen molar-refractivity contribution in [1.29, 1.82) is 0 Å². The average Bonchev–Trinajstić information content (AvgIpc) is 3.20. The SMILES string of the molecule is Cc1ccc(S(=O)(=O)CCCC(=O)Nc2nnc(Cc3ccc(S(=O)(=O)C(C)C)cc3)o2)cc1. The van der Waals surface area contributed by atoms with Crippen molar-refractivity contribution in [2.75, 3.05) is 11.1 Å². The Morgan fingerprint density at radius 2 is 1.56 bits per heavy atom. The second-order valence-electron chi connectivity index (χ2n) is 8.20. The van der Waals surface area contributed by atoms with Gasteiger partial charge < -0.3 is 4.42 Å². The fourth-order valence-electron chi connectivity index (χ4n) is 3.09. The van der Waals surface area contributed by atoms with Gasteiger partial charge in [0.1, 0.15) is 0 Å². The van der Waals surface area contributed by atoms with Crippen LogP contribution < -0.4 is 5.32 Å². The van der Waals surface area contributed by atoms with Crippen LogP contribution in [-0.4, -0.2) is 43.9 Å². The van der Waals surface area contributed by atoms with Crippen LogP contribution in [-0.2, 0) is 30.9 Å². The smallest absolute Gasteiger partial charge is 0.322 e. The summed E-state index contributed by atoms with van der Waals surface area (Å²) in [5, 5.41) is 9.63. The molecule has 34 heavy (non-hydrogen) atoms. The van der Waals surface area contributed by atoms with Crippen molar-refractivity contribution in [3.8, 4) is 0 Å². The molecule has 0 aliphatic heterocycles. The average molecular weight is 506 g/mol. The van der Waals surface area contributed by atoms with Gasteiger partial charge in [0.25, 0.3) is 0 Å². The molecule has 2 aromatic carbocycles. The van der Waals surface area contributed by atoms with E-state index in [1.807, 2.05) is 6.92 Å². The van der Waals surface area contributed by atoms with Gasteiger partial charge in [-0.05, 0) is 57.0 Å². The Balaban J connectivity index is 1.50. The number of carbonyl (C=O) groups excluding carboxylic acids is 1. The molecular formula is C23H27N3O6S2. The number of rotatable bonds is 10. The van der Waals surface area contributed by atoms with Crippen LogP contribution in [0, 0.1) is 6.92 Å². The third-order valence-electron chi connectivity index (χ3n) is 5.14. The van der Waals surface area contributed by atoms with Gasteiger partial charge in [0, 0.05) is 6.42 Å². The van der Waals surface area contributed by atoms with Gasteiger partial charge in [0.05, 0.1) is 27.2 Å². The zero-order valence-corrected chi connectivity index (χ0v) is 20.8. The van der Waals surface area contributed by atoms with E-state index in [1.54, 1.807) is 50.2 Å². The highest BCUT2D eigenvalue weighted by Crippen LogP contribution is 2.19. The third kappa shape index (κ3) is 6.51. The molecule has 0 unspecified atom stereocenters. The number of benzene rings is 2. The molecule has 9 nitrogen and oxygen atoms in total. The van der Waals surface area contributed by atoms with Crippen molar-refractivity contribution in [2.45, 2.75) is 55.1 Å². The lowest BCUT2D eigenvalue weighted by Gasteiger charge is -2.08. The monoisotopic (exact) mass is 505 g/mol. The molecule has 0 saturated heterocycles. The van der Waals surface area contributed by atoms with E-state index in [9.17, 15) is 21.6 Å². The Morgan fingerprint density at radius 3 is 2.18 bits per heavy atom. The van der Waals surface area contributed by atoms with Gasteiger partial charge in [-0.2, -0.15) is 0 Å². The summed E-state index contributed by atoms with van der Waals surface area (Å²) in [6.45, 7) is 5.13. The number of amides is 1. The lowest BCUT2D eigenvalue weighted by molar-refractivity contribution is -0.116. The number of hydrogen-bond donors (Lipinski definition) is 1. The Morgan fingerprint density at radius 1 is 0.941 bits per heavy atom. The minimum absolute atomic E-state index is 0.0193. The van der Waals surface area contributed by atoms with E-state index in [0.717, 1.165) is 11.1 Å². The molecule has 11 heteroatoms. The van der Waals surface area contributed by atoms with Crippen LogP contribution in [0.3, 0.4) is 0 Å². The highest BCUT2D eigenvalue weighted by Gasteiger charge is 2.19. The van der Waals surface area contributed by atoms with E-state index in [-0.39, 0.29) is 46.7 Å². The molecule has 0 atom stereocenters. The first-order chi connectivity index (χ1) is 16.0. The quantitative estimate of drug-likeness (QED) is 0.443. The molecule has 0 aliphatic rings. The summed E-state index contributed by atoms with van der Waals surface area (Å²) in [4.78, 5) is 12.6. The van der Waals surface area contributed by atoms with Crippen molar-refractivity contribution in [1.82, 2.24) is 10.2 Å². The summed E-state index contributed by atoms with van der Waals surface area (Å²) in [6, 6.07) is 12.9. The molecule has 182 valence electrons. The van der Waals surface area contributed by atoms with Gasteiger partial charge in [-0.25, -0.2) is 16.8 Å². The molecule has 1 N–H and O–H groups in total. The molecular weight excluding hydrogens is 478 g/mol. The third-order valence-corrected chi connectivity index (χ3v) is 9.13. The molecule has 0 aliphatic carbocycles. The minimum atomic E-state index is -3.46. The highest BCUT2D eigenvalue weighted by atomic mass is 32.2. The second-order valence-corrected chi connectivity index (χ2v) is 12.8. The normalized spacial score (nSPS) is 12.1. The molecule has 1 amide bonds. The molecule has 0 bridgehead atoms. The van der Waals surface area contributed by atoms with Gasteiger partial charge in [-0.3, -0.25) is 10.1 Å². The van der Waals surface area contributed by atoms with Gasteiger partial charge in [-0.15, -0.1) is 5.10 Å². The molecule has 0 fully saturated rings. The van der Waals surface area contributed by atoms with Crippen LogP contribution >= 0.6 is 0 Å². The van der Waals surface area contributed by atoms with E-state index in [1.165, 1.54) is 12.1 Å². The Kier molecular flexibility index (Phi) is 7.88. The second kappa shape index (κ2) is 10.5. The predicted octanol–water partition coefficient (Wildman–Crippen LogP) is 3.34. The van der Waals surface area contributed by atoms with Crippen molar-refractivity contribution < 1.29 is 26.0 Å². The van der Waals surface area contributed by atoms with Gasteiger partial charge in [0.2, 0.25) is 11.8 Å². The fraction of sp³-hybridized carbons (Fsp3) is 0.348. The summed E-state index contributed by atoms with van der Waals surface area (Å²) in [6.07, 6.45) is 0.392. The molecule has 0 saturated carbocycles. The number of nitrogens with one attached hydrogen (secondary N) is 1. The molecule has 1 heterocycles. The van der Waals surface area contributed by atoms with E-state index in [4.69, 9.17) is 4.42 Å². The summed E-state index contributed by atoms with van der Waals surface area (Å²) in [5.41, 5.74) is 1.74.